The van der Waals surface area contributed by atoms with Crippen LogP contribution in [0, 0.1) is 0 Å². The molecule has 21 heavy (non-hydrogen) atoms. The summed E-state index contributed by atoms with van der Waals surface area (Å²) in [6.07, 6.45) is 0. The molecule has 1 aromatic carbocycles. The Labute approximate surface area is 123 Å². The predicted molar refractivity (Wildman–Crippen MR) is 77.7 cm³/mol. The summed E-state index contributed by atoms with van der Waals surface area (Å²) < 4.78 is 6.55. The molecule has 0 saturated heterocycles. The van der Waals surface area contributed by atoms with Crippen molar-refractivity contribution in [3.63, 3.8) is 0 Å². The standard InChI is InChI=1S/C15H19N3O3/c1-4-21-14(19)12-13(11-8-6-5-7-9-11)18(17-16-12)10-15(2,3)20/h5-9,20H,4,10H2,1-3H3. The third kappa shape index (κ3) is 3.66. The lowest BCUT2D eigenvalue weighted by Gasteiger charge is -2.18. The summed E-state index contributed by atoms with van der Waals surface area (Å²) in [6.45, 7) is 5.58. The minimum atomic E-state index is -0.969. The first kappa shape index (κ1) is 15.2. The highest BCUT2D eigenvalue weighted by molar-refractivity contribution is 5.94. The molecule has 1 heterocycles. The summed E-state index contributed by atoms with van der Waals surface area (Å²) in [5.41, 5.74) is 0.543. The Morgan fingerprint density at radius 3 is 2.57 bits per heavy atom. The molecule has 2 aromatic rings. The van der Waals surface area contributed by atoms with Gasteiger partial charge >= 0.3 is 5.97 Å². The topological polar surface area (TPSA) is 77.2 Å². The Kier molecular flexibility index (Phi) is 4.37. The fraction of sp³-hybridized carbons (Fsp3) is 0.400. The molecule has 0 spiro atoms. The number of rotatable bonds is 5. The zero-order valence-corrected chi connectivity index (χ0v) is 12.4. The maximum absolute atomic E-state index is 12.0. The third-order valence-electron chi connectivity index (χ3n) is 2.79. The van der Waals surface area contributed by atoms with E-state index in [2.05, 4.69) is 10.3 Å². The summed E-state index contributed by atoms with van der Waals surface area (Å²) in [7, 11) is 0. The number of nitrogens with zero attached hydrogens (tertiary/aromatic N) is 3. The average Bonchev–Trinajstić information content (AvgIpc) is 2.81. The van der Waals surface area contributed by atoms with Crippen LogP contribution in [0.4, 0.5) is 0 Å². The monoisotopic (exact) mass is 289 g/mol. The summed E-state index contributed by atoms with van der Waals surface area (Å²) in [5, 5.41) is 17.9. The fourth-order valence-corrected chi connectivity index (χ4v) is 2.01. The lowest BCUT2D eigenvalue weighted by molar-refractivity contribution is 0.0517. The van der Waals surface area contributed by atoms with E-state index in [4.69, 9.17) is 4.74 Å². The largest absolute Gasteiger partial charge is 0.461 e. The number of ether oxygens (including phenoxy) is 1. The summed E-state index contributed by atoms with van der Waals surface area (Å²) >= 11 is 0. The maximum atomic E-state index is 12.0. The number of hydrogen-bond donors (Lipinski definition) is 1. The van der Waals surface area contributed by atoms with Crippen molar-refractivity contribution < 1.29 is 14.6 Å². The predicted octanol–water partition coefficient (Wildman–Crippen LogP) is 1.89. The second kappa shape index (κ2) is 6.05. The zero-order chi connectivity index (χ0) is 15.5. The van der Waals surface area contributed by atoms with Gasteiger partial charge in [-0.2, -0.15) is 0 Å². The molecule has 1 N–H and O–H groups in total. The van der Waals surface area contributed by atoms with E-state index in [-0.39, 0.29) is 18.8 Å². The van der Waals surface area contributed by atoms with Gasteiger partial charge in [-0.25, -0.2) is 9.48 Å². The number of aromatic nitrogens is 3. The number of hydrogen-bond acceptors (Lipinski definition) is 5. The molecular formula is C15H19N3O3. The van der Waals surface area contributed by atoms with Gasteiger partial charge in [0.05, 0.1) is 18.8 Å². The third-order valence-corrected chi connectivity index (χ3v) is 2.79. The van der Waals surface area contributed by atoms with Gasteiger partial charge in [-0.15, -0.1) is 5.10 Å². The van der Waals surface area contributed by atoms with Crippen molar-refractivity contribution >= 4 is 5.97 Å². The molecule has 0 fully saturated rings. The van der Waals surface area contributed by atoms with Gasteiger partial charge in [0.15, 0.2) is 5.69 Å². The first-order valence-corrected chi connectivity index (χ1v) is 6.81. The van der Waals surface area contributed by atoms with Crippen LogP contribution < -0.4 is 0 Å². The van der Waals surface area contributed by atoms with E-state index in [9.17, 15) is 9.90 Å². The van der Waals surface area contributed by atoms with Crippen molar-refractivity contribution in [2.45, 2.75) is 32.9 Å². The van der Waals surface area contributed by atoms with Crippen molar-refractivity contribution in [3.8, 4) is 11.3 Å². The first-order valence-electron chi connectivity index (χ1n) is 6.81. The Morgan fingerprint density at radius 1 is 1.33 bits per heavy atom. The molecule has 6 nitrogen and oxygen atoms in total. The number of aliphatic hydroxyl groups is 1. The fourth-order valence-electron chi connectivity index (χ4n) is 2.01. The normalized spacial score (nSPS) is 11.4. The molecule has 0 atom stereocenters. The molecule has 0 amide bonds. The highest BCUT2D eigenvalue weighted by atomic mass is 16.5. The molecule has 2 rings (SSSR count). The number of esters is 1. The van der Waals surface area contributed by atoms with Crippen LogP contribution in [0.1, 0.15) is 31.3 Å². The van der Waals surface area contributed by atoms with Gasteiger partial charge in [-0.1, -0.05) is 35.5 Å². The molecule has 1 aromatic heterocycles. The Morgan fingerprint density at radius 2 is 2.00 bits per heavy atom. The molecule has 0 radical (unpaired) electrons. The van der Waals surface area contributed by atoms with Gasteiger partial charge in [0.2, 0.25) is 0 Å². The smallest absolute Gasteiger partial charge is 0.361 e. The molecule has 0 aliphatic heterocycles. The van der Waals surface area contributed by atoms with Gasteiger partial charge in [0.1, 0.15) is 5.69 Å². The van der Waals surface area contributed by atoms with E-state index in [1.807, 2.05) is 30.3 Å². The number of carbonyl (C=O) groups is 1. The van der Waals surface area contributed by atoms with E-state index < -0.39 is 11.6 Å². The van der Waals surface area contributed by atoms with Crippen molar-refractivity contribution in [3.05, 3.63) is 36.0 Å². The van der Waals surface area contributed by atoms with E-state index in [1.165, 1.54) is 4.68 Å². The number of carbonyl (C=O) groups excluding carboxylic acids is 1. The highest BCUT2D eigenvalue weighted by Gasteiger charge is 2.25. The minimum absolute atomic E-state index is 0.160. The number of benzene rings is 1. The van der Waals surface area contributed by atoms with Crippen molar-refractivity contribution in [2.75, 3.05) is 6.61 Å². The van der Waals surface area contributed by atoms with E-state index in [0.717, 1.165) is 5.56 Å². The van der Waals surface area contributed by atoms with E-state index in [1.54, 1.807) is 20.8 Å². The van der Waals surface area contributed by atoms with Crippen LogP contribution in [0.15, 0.2) is 30.3 Å². The quantitative estimate of drug-likeness (QED) is 0.851. The van der Waals surface area contributed by atoms with Gasteiger partial charge in [0, 0.05) is 5.56 Å². The molecule has 0 aliphatic carbocycles. The average molecular weight is 289 g/mol. The Balaban J connectivity index is 2.50. The van der Waals surface area contributed by atoms with E-state index in [0.29, 0.717) is 5.69 Å². The minimum Gasteiger partial charge on any atom is -0.461 e. The molecule has 6 heteroatoms. The molecule has 0 unspecified atom stereocenters. The molecule has 0 aliphatic rings. The van der Waals surface area contributed by atoms with Gasteiger partial charge in [-0.05, 0) is 20.8 Å². The molecule has 112 valence electrons. The summed E-state index contributed by atoms with van der Waals surface area (Å²) in [6, 6.07) is 9.35. The van der Waals surface area contributed by atoms with Gasteiger partial charge in [-0.3, -0.25) is 0 Å². The Hall–Kier alpha value is -2.21. The highest BCUT2D eigenvalue weighted by Crippen LogP contribution is 2.24. The van der Waals surface area contributed by atoms with Gasteiger partial charge in [0.25, 0.3) is 0 Å². The Bertz CT molecular complexity index is 615. The second-order valence-corrected chi connectivity index (χ2v) is 5.34. The van der Waals surface area contributed by atoms with Crippen molar-refractivity contribution in [1.29, 1.82) is 0 Å². The molecular weight excluding hydrogens is 270 g/mol. The van der Waals surface area contributed by atoms with Crippen LogP contribution >= 0.6 is 0 Å². The van der Waals surface area contributed by atoms with Crippen LogP contribution in [0.5, 0.6) is 0 Å². The lowest BCUT2D eigenvalue weighted by Crippen LogP contribution is -2.27. The van der Waals surface area contributed by atoms with E-state index >= 15 is 0 Å². The zero-order valence-electron chi connectivity index (χ0n) is 12.4. The lowest BCUT2D eigenvalue weighted by atomic mass is 10.1. The maximum Gasteiger partial charge on any atom is 0.361 e. The molecule has 0 bridgehead atoms. The van der Waals surface area contributed by atoms with Crippen LogP contribution in [0.25, 0.3) is 11.3 Å². The summed E-state index contributed by atoms with van der Waals surface area (Å²) in [4.78, 5) is 12.0. The summed E-state index contributed by atoms with van der Waals surface area (Å²) in [5.74, 6) is -0.515. The molecule has 0 saturated carbocycles. The SMILES string of the molecule is CCOC(=O)c1nnn(CC(C)(C)O)c1-c1ccccc1. The van der Waals surface area contributed by atoms with Crippen LogP contribution in [0.2, 0.25) is 0 Å². The van der Waals surface area contributed by atoms with Gasteiger partial charge < -0.3 is 9.84 Å². The second-order valence-electron chi connectivity index (χ2n) is 5.34. The van der Waals surface area contributed by atoms with Crippen molar-refractivity contribution in [1.82, 2.24) is 15.0 Å². The van der Waals surface area contributed by atoms with Crippen LogP contribution in [-0.2, 0) is 11.3 Å². The first-order chi connectivity index (χ1) is 9.92. The van der Waals surface area contributed by atoms with Crippen LogP contribution in [-0.4, -0.2) is 38.3 Å². The van der Waals surface area contributed by atoms with Crippen LogP contribution in [0.3, 0.4) is 0 Å². The van der Waals surface area contributed by atoms with Crippen molar-refractivity contribution in [2.24, 2.45) is 0 Å².